The number of benzene rings is 1. The molecule has 1 aliphatic rings. The van der Waals surface area contributed by atoms with E-state index in [-0.39, 0.29) is 5.91 Å². The van der Waals surface area contributed by atoms with Crippen molar-refractivity contribution >= 4 is 5.91 Å². The predicted molar refractivity (Wildman–Crippen MR) is 68.6 cm³/mol. The molecule has 1 saturated heterocycles. The van der Waals surface area contributed by atoms with Crippen LogP contribution in [0.1, 0.15) is 25.3 Å². The zero-order valence-corrected chi connectivity index (χ0v) is 10.4. The summed E-state index contributed by atoms with van der Waals surface area (Å²) in [5.74, 6) is 0.163. The van der Waals surface area contributed by atoms with Gasteiger partial charge in [0.2, 0.25) is 5.91 Å². The van der Waals surface area contributed by atoms with Crippen molar-refractivity contribution in [3.05, 3.63) is 35.9 Å². The average molecular weight is 232 g/mol. The Hall–Kier alpha value is -1.35. The molecule has 3 nitrogen and oxygen atoms in total. The Morgan fingerprint density at radius 1 is 1.41 bits per heavy atom. The van der Waals surface area contributed by atoms with Crippen LogP contribution in [0, 0.1) is 0 Å². The van der Waals surface area contributed by atoms with E-state index in [1.807, 2.05) is 13.0 Å². The van der Waals surface area contributed by atoms with Crippen LogP contribution in [0.5, 0.6) is 0 Å². The van der Waals surface area contributed by atoms with Gasteiger partial charge < -0.3 is 5.32 Å². The van der Waals surface area contributed by atoms with E-state index in [9.17, 15) is 4.79 Å². The number of carbonyl (C=O) groups excluding carboxylic acids is 1. The fourth-order valence-electron chi connectivity index (χ4n) is 2.27. The highest BCUT2D eigenvalue weighted by Crippen LogP contribution is 2.13. The third-order valence-corrected chi connectivity index (χ3v) is 3.21. The lowest BCUT2D eigenvalue weighted by Crippen LogP contribution is -2.36. The molecule has 0 aromatic heterocycles. The topological polar surface area (TPSA) is 32.3 Å². The molecule has 1 heterocycles. The number of hydrogen-bond acceptors (Lipinski definition) is 2. The molecule has 0 unspecified atom stereocenters. The molecule has 3 heteroatoms. The summed E-state index contributed by atoms with van der Waals surface area (Å²) in [5, 5.41) is 3.06. The SMILES string of the molecule is CCC(=O)N[C@H]1CCN(Cc2ccccc2)C1. The molecule has 1 fully saturated rings. The van der Waals surface area contributed by atoms with Gasteiger partial charge in [0.05, 0.1) is 0 Å². The van der Waals surface area contributed by atoms with Crippen LogP contribution in [0.2, 0.25) is 0 Å². The van der Waals surface area contributed by atoms with Gasteiger partial charge in [-0.05, 0) is 12.0 Å². The molecule has 0 aliphatic carbocycles. The van der Waals surface area contributed by atoms with Gasteiger partial charge in [0.1, 0.15) is 0 Å². The second-order valence-electron chi connectivity index (χ2n) is 4.63. The van der Waals surface area contributed by atoms with Gasteiger partial charge in [-0.25, -0.2) is 0 Å². The summed E-state index contributed by atoms with van der Waals surface area (Å²) in [6, 6.07) is 10.8. The average Bonchev–Trinajstić information content (AvgIpc) is 2.77. The van der Waals surface area contributed by atoms with Crippen molar-refractivity contribution in [1.82, 2.24) is 10.2 Å². The second-order valence-corrected chi connectivity index (χ2v) is 4.63. The minimum atomic E-state index is 0.163. The van der Waals surface area contributed by atoms with Crippen LogP contribution in [-0.4, -0.2) is 29.9 Å². The van der Waals surface area contributed by atoms with Crippen molar-refractivity contribution < 1.29 is 4.79 Å². The first kappa shape index (κ1) is 12.1. The molecule has 0 radical (unpaired) electrons. The largest absolute Gasteiger partial charge is 0.352 e. The highest BCUT2D eigenvalue weighted by Gasteiger charge is 2.23. The number of nitrogens with one attached hydrogen (secondary N) is 1. The lowest BCUT2D eigenvalue weighted by molar-refractivity contribution is -0.121. The maximum Gasteiger partial charge on any atom is 0.219 e. The second kappa shape index (κ2) is 5.82. The molecule has 1 amide bonds. The number of amides is 1. The van der Waals surface area contributed by atoms with Gasteiger partial charge >= 0.3 is 0 Å². The molecule has 1 aliphatic heterocycles. The Kier molecular flexibility index (Phi) is 4.15. The third kappa shape index (κ3) is 3.56. The Morgan fingerprint density at radius 3 is 2.88 bits per heavy atom. The van der Waals surface area contributed by atoms with Gasteiger partial charge in [-0.15, -0.1) is 0 Å². The molecule has 1 N–H and O–H groups in total. The molecule has 1 atom stereocenters. The maximum absolute atomic E-state index is 11.3. The van der Waals surface area contributed by atoms with Crippen LogP contribution in [0.3, 0.4) is 0 Å². The zero-order valence-electron chi connectivity index (χ0n) is 10.4. The summed E-state index contributed by atoms with van der Waals surface area (Å²) in [6.07, 6.45) is 1.65. The first-order valence-corrected chi connectivity index (χ1v) is 6.33. The van der Waals surface area contributed by atoms with Crippen LogP contribution < -0.4 is 5.32 Å². The number of nitrogens with zero attached hydrogens (tertiary/aromatic N) is 1. The van der Waals surface area contributed by atoms with Gasteiger partial charge in [-0.1, -0.05) is 37.3 Å². The van der Waals surface area contributed by atoms with Crippen molar-refractivity contribution in [2.24, 2.45) is 0 Å². The summed E-state index contributed by atoms with van der Waals surface area (Å²) in [5.41, 5.74) is 1.34. The van der Waals surface area contributed by atoms with E-state index in [4.69, 9.17) is 0 Å². The van der Waals surface area contributed by atoms with Gasteiger partial charge in [0, 0.05) is 32.1 Å². The highest BCUT2D eigenvalue weighted by molar-refractivity contribution is 5.75. The number of likely N-dealkylation sites (tertiary alicyclic amines) is 1. The van der Waals surface area contributed by atoms with Crippen LogP contribution in [0.4, 0.5) is 0 Å². The van der Waals surface area contributed by atoms with Crippen molar-refractivity contribution in [3.8, 4) is 0 Å². The Balaban J connectivity index is 1.80. The van der Waals surface area contributed by atoms with Gasteiger partial charge in [-0.3, -0.25) is 9.69 Å². The van der Waals surface area contributed by atoms with E-state index >= 15 is 0 Å². The van der Waals surface area contributed by atoms with Crippen molar-refractivity contribution in [1.29, 1.82) is 0 Å². The number of hydrogen-bond donors (Lipinski definition) is 1. The smallest absolute Gasteiger partial charge is 0.219 e. The predicted octanol–water partition coefficient (Wildman–Crippen LogP) is 1.79. The van der Waals surface area contributed by atoms with E-state index in [1.54, 1.807) is 0 Å². The quantitative estimate of drug-likeness (QED) is 0.858. The fourth-order valence-corrected chi connectivity index (χ4v) is 2.27. The van der Waals surface area contributed by atoms with Gasteiger partial charge in [0.25, 0.3) is 0 Å². The summed E-state index contributed by atoms with van der Waals surface area (Å²) in [4.78, 5) is 13.7. The van der Waals surface area contributed by atoms with E-state index in [1.165, 1.54) is 5.56 Å². The maximum atomic E-state index is 11.3. The Labute approximate surface area is 103 Å². The van der Waals surface area contributed by atoms with Gasteiger partial charge in [-0.2, -0.15) is 0 Å². The number of rotatable bonds is 4. The first-order chi connectivity index (χ1) is 8.28. The minimum absolute atomic E-state index is 0.163. The minimum Gasteiger partial charge on any atom is -0.352 e. The Bertz CT molecular complexity index is 364. The highest BCUT2D eigenvalue weighted by atomic mass is 16.1. The summed E-state index contributed by atoms with van der Waals surface area (Å²) < 4.78 is 0. The standard InChI is InChI=1S/C14H20N2O/c1-2-14(17)15-13-8-9-16(11-13)10-12-6-4-3-5-7-12/h3-7,13H,2,8-11H2,1H3,(H,15,17)/t13-/m0/s1. The van der Waals surface area contributed by atoms with E-state index in [2.05, 4.69) is 34.5 Å². The number of carbonyl (C=O) groups is 1. The molecular weight excluding hydrogens is 212 g/mol. The summed E-state index contributed by atoms with van der Waals surface area (Å²) in [6.45, 7) is 4.93. The summed E-state index contributed by atoms with van der Waals surface area (Å²) in [7, 11) is 0. The Morgan fingerprint density at radius 2 is 2.18 bits per heavy atom. The third-order valence-electron chi connectivity index (χ3n) is 3.21. The van der Waals surface area contributed by atoms with Crippen LogP contribution >= 0.6 is 0 Å². The molecule has 92 valence electrons. The molecule has 1 aromatic carbocycles. The van der Waals surface area contributed by atoms with Crippen molar-refractivity contribution in [2.75, 3.05) is 13.1 Å². The molecule has 1 aromatic rings. The molecule has 0 spiro atoms. The molecule has 0 saturated carbocycles. The van der Waals surface area contributed by atoms with E-state index in [0.29, 0.717) is 12.5 Å². The molecule has 17 heavy (non-hydrogen) atoms. The van der Waals surface area contributed by atoms with Crippen molar-refractivity contribution in [3.63, 3.8) is 0 Å². The van der Waals surface area contributed by atoms with E-state index < -0.39 is 0 Å². The fraction of sp³-hybridized carbons (Fsp3) is 0.500. The van der Waals surface area contributed by atoms with E-state index in [0.717, 1.165) is 26.1 Å². The lowest BCUT2D eigenvalue weighted by atomic mass is 10.2. The molecular formula is C14H20N2O. The molecule has 0 bridgehead atoms. The first-order valence-electron chi connectivity index (χ1n) is 6.33. The zero-order chi connectivity index (χ0) is 12.1. The van der Waals surface area contributed by atoms with Crippen LogP contribution in [-0.2, 0) is 11.3 Å². The lowest BCUT2D eigenvalue weighted by Gasteiger charge is -2.16. The molecule has 2 rings (SSSR count). The monoisotopic (exact) mass is 232 g/mol. The van der Waals surface area contributed by atoms with Crippen molar-refractivity contribution in [2.45, 2.75) is 32.4 Å². The normalized spacial score (nSPS) is 20.4. The van der Waals surface area contributed by atoms with Crippen LogP contribution in [0.15, 0.2) is 30.3 Å². The summed E-state index contributed by atoms with van der Waals surface area (Å²) >= 11 is 0. The van der Waals surface area contributed by atoms with Gasteiger partial charge in [0.15, 0.2) is 0 Å². The van der Waals surface area contributed by atoms with Crippen LogP contribution in [0.25, 0.3) is 0 Å².